The van der Waals surface area contributed by atoms with E-state index in [0.717, 1.165) is 0 Å². The second-order valence-corrected chi connectivity index (χ2v) is 18.7. The third-order valence-corrected chi connectivity index (χ3v) is 12.0. The summed E-state index contributed by atoms with van der Waals surface area (Å²) in [5, 5.41) is 2.71. The first kappa shape index (κ1) is 31.5. The zero-order chi connectivity index (χ0) is 35.3. The van der Waals surface area contributed by atoms with Gasteiger partial charge in [-0.1, -0.05) is 137 Å². The van der Waals surface area contributed by atoms with Crippen LogP contribution in [0, 0.1) is 0 Å². The average Bonchev–Trinajstić information content (AvgIpc) is 3.51. The highest BCUT2D eigenvalue weighted by Crippen LogP contribution is 2.55. The van der Waals surface area contributed by atoms with Gasteiger partial charge in [0.25, 0.3) is 0 Å². The lowest BCUT2D eigenvalue weighted by Gasteiger charge is -2.44. The predicted octanol–water partition coefficient (Wildman–Crippen LogP) is 10.8. The smallest absolute Gasteiger partial charge is 0.333 e. The molecular weight excluding hydrogens is 603 g/mol. The van der Waals surface area contributed by atoms with Crippen LogP contribution in [0.4, 0.5) is 5.69 Å². The summed E-state index contributed by atoms with van der Waals surface area (Å²) in [6.45, 7) is 25.9. The monoisotopic (exact) mass is 652 g/mol. The van der Waals surface area contributed by atoms with Crippen LogP contribution in [0.15, 0.2) is 97.1 Å². The fourth-order valence-corrected chi connectivity index (χ4v) is 9.26. The Balaban J connectivity index is 1.45. The van der Waals surface area contributed by atoms with Crippen LogP contribution in [-0.4, -0.2) is 11.4 Å². The Hall–Kier alpha value is -4.50. The number of aromatic nitrogens is 1. The maximum absolute atomic E-state index is 2.73. The Morgan fingerprint density at radius 3 is 1.88 bits per heavy atom. The van der Waals surface area contributed by atoms with Crippen molar-refractivity contribution in [2.75, 3.05) is 4.81 Å². The molecule has 250 valence electrons. The molecule has 0 atom stereocenters. The van der Waals surface area contributed by atoms with E-state index in [1.54, 1.807) is 0 Å². The van der Waals surface area contributed by atoms with Crippen molar-refractivity contribution in [1.82, 2.24) is 4.57 Å². The van der Waals surface area contributed by atoms with Gasteiger partial charge in [0.15, 0.2) is 0 Å². The number of benzene rings is 5. The van der Waals surface area contributed by atoms with Crippen molar-refractivity contribution in [1.29, 1.82) is 0 Å². The summed E-state index contributed by atoms with van der Waals surface area (Å²) in [6.07, 6.45) is 0. The molecule has 0 fully saturated rings. The molecule has 3 aliphatic rings. The summed E-state index contributed by atoms with van der Waals surface area (Å²) >= 11 is 0. The normalized spacial score (nSPS) is 16.3. The van der Waals surface area contributed by atoms with Crippen LogP contribution in [0.25, 0.3) is 38.8 Å². The number of hydrogen-bond acceptors (Lipinski definition) is 1. The summed E-state index contributed by atoms with van der Waals surface area (Å²) in [7, 11) is 0. The Labute approximate surface area is 298 Å². The Bertz CT molecular complexity index is 2450. The summed E-state index contributed by atoms with van der Waals surface area (Å²) in [5.74, 6) is 0. The first-order valence-electron chi connectivity index (χ1n) is 18.5. The third kappa shape index (κ3) is 4.16. The molecule has 0 radical (unpaired) electrons. The standard InChI is InChI=1S/C47H49BN2/c1-44(2,3)28-19-22-31(23-20-28)50-43-32-15-12-13-17-36(32)47(10,11)40(43)33-16-14-18-39-41(33)48(50)37-27-30(46(7,8)9)26-35-34-25-29(45(4,5)6)21-24-38(34)49(39)42(35)37/h12-27H,1-11H3. The van der Waals surface area contributed by atoms with E-state index in [4.69, 9.17) is 0 Å². The van der Waals surface area contributed by atoms with E-state index >= 15 is 0 Å². The Morgan fingerprint density at radius 2 is 1.20 bits per heavy atom. The molecule has 3 heteroatoms. The van der Waals surface area contributed by atoms with Gasteiger partial charge in [0.05, 0.1) is 11.0 Å². The molecule has 2 nitrogen and oxygen atoms in total. The van der Waals surface area contributed by atoms with Gasteiger partial charge in [-0.15, -0.1) is 0 Å². The topological polar surface area (TPSA) is 8.17 Å². The van der Waals surface area contributed by atoms with Gasteiger partial charge >= 0.3 is 6.85 Å². The second kappa shape index (κ2) is 9.84. The predicted molar refractivity (Wildman–Crippen MR) is 217 cm³/mol. The van der Waals surface area contributed by atoms with Crippen LogP contribution in [0.3, 0.4) is 0 Å². The molecular formula is C47H49BN2. The van der Waals surface area contributed by atoms with Gasteiger partial charge in [-0.3, -0.25) is 0 Å². The lowest BCUT2D eigenvalue weighted by atomic mass is 9.43. The molecule has 1 aromatic heterocycles. The fourth-order valence-electron chi connectivity index (χ4n) is 9.26. The largest absolute Gasteiger partial charge is 0.376 e. The van der Waals surface area contributed by atoms with Gasteiger partial charge in [0, 0.05) is 38.8 Å². The molecule has 9 rings (SSSR count). The van der Waals surface area contributed by atoms with Crippen molar-refractivity contribution in [2.45, 2.75) is 97.8 Å². The molecule has 5 aromatic carbocycles. The Morgan fingerprint density at radius 1 is 0.580 bits per heavy atom. The van der Waals surface area contributed by atoms with E-state index in [0.29, 0.717) is 0 Å². The van der Waals surface area contributed by atoms with E-state index in [1.807, 2.05) is 0 Å². The zero-order valence-corrected chi connectivity index (χ0v) is 31.7. The molecule has 50 heavy (non-hydrogen) atoms. The quantitative estimate of drug-likeness (QED) is 0.161. The number of nitrogens with zero attached hydrogens (tertiary/aromatic N) is 2. The summed E-state index contributed by atoms with van der Waals surface area (Å²) in [4.78, 5) is 2.73. The molecule has 0 N–H and O–H groups in total. The molecule has 6 aromatic rings. The first-order valence-corrected chi connectivity index (χ1v) is 18.5. The highest BCUT2D eigenvalue weighted by Gasteiger charge is 2.51. The lowest BCUT2D eigenvalue weighted by Crippen LogP contribution is -2.62. The van der Waals surface area contributed by atoms with Crippen LogP contribution >= 0.6 is 0 Å². The van der Waals surface area contributed by atoms with Crippen molar-refractivity contribution in [3.8, 4) is 5.69 Å². The van der Waals surface area contributed by atoms with Crippen LogP contribution in [0.2, 0.25) is 0 Å². The van der Waals surface area contributed by atoms with Gasteiger partial charge in [-0.2, -0.15) is 0 Å². The van der Waals surface area contributed by atoms with Crippen LogP contribution < -0.4 is 15.7 Å². The molecule has 0 bridgehead atoms. The van der Waals surface area contributed by atoms with Crippen LogP contribution in [0.1, 0.15) is 110 Å². The fraction of sp³-hybridized carbons (Fsp3) is 0.319. The van der Waals surface area contributed by atoms with Gasteiger partial charge in [0.2, 0.25) is 0 Å². The van der Waals surface area contributed by atoms with Crippen molar-refractivity contribution in [3.63, 3.8) is 0 Å². The minimum Gasteiger partial charge on any atom is -0.376 e. The van der Waals surface area contributed by atoms with E-state index in [-0.39, 0.29) is 28.5 Å². The van der Waals surface area contributed by atoms with E-state index < -0.39 is 0 Å². The molecule has 2 aliphatic heterocycles. The third-order valence-electron chi connectivity index (χ3n) is 12.0. The number of rotatable bonds is 1. The average molecular weight is 653 g/mol. The lowest BCUT2D eigenvalue weighted by molar-refractivity contribution is 0.590. The van der Waals surface area contributed by atoms with Gasteiger partial charge < -0.3 is 9.38 Å². The molecule has 1 aliphatic carbocycles. The second-order valence-electron chi connectivity index (χ2n) is 18.7. The molecule has 0 saturated carbocycles. The maximum Gasteiger partial charge on any atom is 0.333 e. The van der Waals surface area contributed by atoms with Crippen molar-refractivity contribution >= 4 is 56.5 Å². The van der Waals surface area contributed by atoms with Crippen molar-refractivity contribution in [3.05, 3.63) is 130 Å². The van der Waals surface area contributed by atoms with Gasteiger partial charge in [-0.05, 0) is 97.0 Å². The summed E-state index contributed by atoms with van der Waals surface area (Å²) in [6, 6.07) is 38.0. The number of anilines is 1. The molecule has 0 amide bonds. The highest BCUT2D eigenvalue weighted by molar-refractivity contribution is 6.93. The zero-order valence-electron chi connectivity index (χ0n) is 31.7. The van der Waals surface area contributed by atoms with Crippen molar-refractivity contribution in [2.24, 2.45) is 0 Å². The minimum absolute atomic E-state index is 0.0131. The highest BCUT2D eigenvalue weighted by atomic mass is 15.1. The molecule has 0 saturated heterocycles. The number of allylic oxidation sites excluding steroid dienone is 1. The van der Waals surface area contributed by atoms with E-state index in [1.165, 1.54) is 88.8 Å². The SMILES string of the molecule is CC(C)(C)c1ccc(N2B3c4c(cccc4-n4c5ccc(C(C)(C)C)cc5c5cc(C(C)(C)C)cc3c54)C3=C2c2ccccc2C3(C)C)cc1. The van der Waals surface area contributed by atoms with Gasteiger partial charge in [0.1, 0.15) is 0 Å². The van der Waals surface area contributed by atoms with Crippen LogP contribution in [-0.2, 0) is 21.7 Å². The number of hydrogen-bond donors (Lipinski definition) is 0. The maximum atomic E-state index is 2.73. The van der Waals surface area contributed by atoms with Gasteiger partial charge in [-0.25, -0.2) is 0 Å². The number of fused-ring (bicyclic) bond motifs is 8. The summed E-state index contributed by atoms with van der Waals surface area (Å²) in [5.41, 5.74) is 19.0. The van der Waals surface area contributed by atoms with E-state index in [9.17, 15) is 0 Å². The molecule has 3 heterocycles. The van der Waals surface area contributed by atoms with E-state index in [2.05, 4.69) is 183 Å². The van der Waals surface area contributed by atoms with Crippen LogP contribution in [0.5, 0.6) is 0 Å². The Kier molecular flexibility index (Phi) is 6.20. The summed E-state index contributed by atoms with van der Waals surface area (Å²) < 4.78 is 2.61. The first-order chi connectivity index (χ1) is 23.5. The molecule has 0 spiro atoms. The molecule has 0 unspecified atom stereocenters. The minimum atomic E-state index is -0.154. The van der Waals surface area contributed by atoms with Crippen molar-refractivity contribution < 1.29 is 0 Å².